The summed E-state index contributed by atoms with van der Waals surface area (Å²) in [6, 6.07) is 18.3. The second-order valence-corrected chi connectivity index (χ2v) is 6.89. The molecule has 1 N–H and O–H groups in total. The molecule has 0 unspecified atom stereocenters. The van der Waals surface area contributed by atoms with Gasteiger partial charge in [0.15, 0.2) is 5.16 Å². The molecule has 2 aromatic carbocycles. The first kappa shape index (κ1) is 17.3. The van der Waals surface area contributed by atoms with Gasteiger partial charge in [-0.15, -0.1) is 0 Å². The summed E-state index contributed by atoms with van der Waals surface area (Å²) in [5.74, 6) is 0.164. The van der Waals surface area contributed by atoms with Crippen molar-refractivity contribution in [1.82, 2.24) is 14.5 Å². The van der Waals surface area contributed by atoms with Gasteiger partial charge in [-0.3, -0.25) is 9.36 Å². The smallest absolute Gasteiger partial charge is 0.260 e. The lowest BCUT2D eigenvalue weighted by Gasteiger charge is -2.13. The number of hydrogen-bond donors (Lipinski definition) is 1. The number of fused-ring (bicyclic) bond motifs is 1. The summed E-state index contributed by atoms with van der Waals surface area (Å²) in [5, 5.41) is 11.0. The molecule has 0 aliphatic rings. The fourth-order valence-corrected chi connectivity index (χ4v) is 3.34. The van der Waals surface area contributed by atoms with Gasteiger partial charge in [0.05, 0.1) is 6.54 Å². The van der Waals surface area contributed by atoms with Crippen molar-refractivity contribution >= 4 is 22.8 Å². The van der Waals surface area contributed by atoms with E-state index < -0.39 is 0 Å². The van der Waals surface area contributed by atoms with Gasteiger partial charge in [0.1, 0.15) is 11.4 Å². The summed E-state index contributed by atoms with van der Waals surface area (Å²) in [5.41, 5.74) is 2.82. The highest BCUT2D eigenvalue weighted by atomic mass is 32.2. The molecule has 0 fully saturated rings. The average Bonchev–Trinajstić information content (AvgIpc) is 2.71. The van der Waals surface area contributed by atoms with E-state index >= 15 is 0 Å². The van der Waals surface area contributed by atoms with Gasteiger partial charge in [-0.1, -0.05) is 54.2 Å². The summed E-state index contributed by atoms with van der Waals surface area (Å²) in [6.07, 6.45) is 3.66. The average molecular weight is 375 g/mol. The number of rotatable bonds is 4. The summed E-state index contributed by atoms with van der Waals surface area (Å²) < 4.78 is 1.69. The van der Waals surface area contributed by atoms with Crippen LogP contribution in [0.3, 0.4) is 0 Å². The van der Waals surface area contributed by atoms with Gasteiger partial charge in [-0.25, -0.2) is 9.97 Å². The Kier molecular flexibility index (Phi) is 4.64. The van der Waals surface area contributed by atoms with Gasteiger partial charge in [-0.2, -0.15) is 0 Å². The molecule has 0 spiro atoms. The molecule has 4 rings (SSSR count). The van der Waals surface area contributed by atoms with Crippen molar-refractivity contribution in [3.8, 4) is 16.9 Å². The van der Waals surface area contributed by atoms with Crippen LogP contribution in [-0.2, 0) is 6.54 Å². The van der Waals surface area contributed by atoms with E-state index in [0.717, 1.165) is 16.5 Å². The van der Waals surface area contributed by atoms with Crippen molar-refractivity contribution in [1.29, 1.82) is 0 Å². The highest BCUT2D eigenvalue weighted by Crippen LogP contribution is 2.23. The molecule has 0 aliphatic carbocycles. The maximum atomic E-state index is 13.3. The van der Waals surface area contributed by atoms with E-state index in [1.165, 1.54) is 11.8 Å². The largest absolute Gasteiger partial charge is 0.508 e. The predicted molar refractivity (Wildman–Crippen MR) is 108 cm³/mol. The molecule has 0 saturated heterocycles. The molecule has 0 bridgehead atoms. The van der Waals surface area contributed by atoms with E-state index in [2.05, 4.69) is 9.97 Å². The number of phenolic OH excluding ortho intramolecular Hbond substituents is 1. The normalized spacial score (nSPS) is 11.0. The maximum absolute atomic E-state index is 13.3. The molecular formula is C21H17N3O2S. The standard InChI is InChI=1S/C21H17N3O2S/c1-27-21-22-12-16-11-18(15-7-9-17(25)10-8-15)20(26)24(19(16)23-21)13-14-5-3-2-4-6-14/h2-12,25H,13H2,1H3. The van der Waals surface area contributed by atoms with Gasteiger partial charge < -0.3 is 5.11 Å². The summed E-state index contributed by atoms with van der Waals surface area (Å²) in [7, 11) is 0. The topological polar surface area (TPSA) is 68.0 Å². The van der Waals surface area contributed by atoms with Crippen molar-refractivity contribution < 1.29 is 5.11 Å². The minimum atomic E-state index is -0.122. The fourth-order valence-electron chi connectivity index (χ4n) is 3.00. The van der Waals surface area contributed by atoms with Gasteiger partial charge in [0.2, 0.25) is 0 Å². The highest BCUT2D eigenvalue weighted by Gasteiger charge is 2.14. The van der Waals surface area contributed by atoms with Crippen molar-refractivity contribution in [3.63, 3.8) is 0 Å². The van der Waals surface area contributed by atoms with E-state index in [9.17, 15) is 9.90 Å². The number of hydrogen-bond acceptors (Lipinski definition) is 5. The van der Waals surface area contributed by atoms with Crippen LogP contribution in [0.5, 0.6) is 5.75 Å². The van der Waals surface area contributed by atoms with Crippen LogP contribution < -0.4 is 5.56 Å². The first-order valence-corrected chi connectivity index (χ1v) is 9.66. The van der Waals surface area contributed by atoms with E-state index in [4.69, 9.17) is 0 Å². The Morgan fingerprint density at radius 2 is 1.81 bits per heavy atom. The van der Waals surface area contributed by atoms with Crippen LogP contribution in [0.25, 0.3) is 22.2 Å². The molecule has 134 valence electrons. The third-order valence-corrected chi connectivity index (χ3v) is 4.91. The van der Waals surface area contributed by atoms with Crippen LogP contribution in [-0.4, -0.2) is 25.9 Å². The van der Waals surface area contributed by atoms with Crippen molar-refractivity contribution in [2.45, 2.75) is 11.7 Å². The number of thioether (sulfide) groups is 1. The second kappa shape index (κ2) is 7.25. The van der Waals surface area contributed by atoms with Crippen LogP contribution in [0.2, 0.25) is 0 Å². The third kappa shape index (κ3) is 3.44. The van der Waals surface area contributed by atoms with Crippen LogP contribution in [0.15, 0.2) is 76.8 Å². The Balaban J connectivity index is 1.97. The first-order valence-electron chi connectivity index (χ1n) is 8.43. The number of nitrogens with zero attached hydrogens (tertiary/aromatic N) is 3. The van der Waals surface area contributed by atoms with Crippen molar-refractivity contribution in [3.05, 3.63) is 82.8 Å². The molecule has 6 heteroatoms. The Labute approximate surface area is 160 Å². The highest BCUT2D eigenvalue weighted by molar-refractivity contribution is 7.98. The lowest BCUT2D eigenvalue weighted by atomic mass is 10.1. The molecule has 0 amide bonds. The quantitative estimate of drug-likeness (QED) is 0.432. The lowest BCUT2D eigenvalue weighted by molar-refractivity contribution is 0.475. The Bertz CT molecular complexity index is 1160. The molecule has 0 aliphatic heterocycles. The molecule has 0 atom stereocenters. The minimum Gasteiger partial charge on any atom is -0.508 e. The molecule has 0 radical (unpaired) electrons. The number of pyridine rings is 1. The number of benzene rings is 2. The molecule has 4 aromatic rings. The van der Waals surface area contributed by atoms with E-state index in [0.29, 0.717) is 22.9 Å². The van der Waals surface area contributed by atoms with E-state index in [1.54, 1.807) is 35.0 Å². The molecular weight excluding hydrogens is 358 g/mol. The third-order valence-electron chi connectivity index (χ3n) is 4.35. The molecule has 27 heavy (non-hydrogen) atoms. The second-order valence-electron chi connectivity index (χ2n) is 6.12. The zero-order valence-corrected chi connectivity index (χ0v) is 15.5. The Hall–Kier alpha value is -3.12. The van der Waals surface area contributed by atoms with Crippen molar-refractivity contribution in [2.24, 2.45) is 0 Å². The molecule has 0 saturated carbocycles. The number of phenols is 1. The van der Waals surface area contributed by atoms with E-state index in [-0.39, 0.29) is 11.3 Å². The summed E-state index contributed by atoms with van der Waals surface area (Å²) in [6.45, 7) is 0.424. The lowest BCUT2D eigenvalue weighted by Crippen LogP contribution is -2.23. The Morgan fingerprint density at radius 3 is 2.52 bits per heavy atom. The van der Waals surface area contributed by atoms with Crippen LogP contribution in [0.1, 0.15) is 5.56 Å². The zero-order valence-electron chi connectivity index (χ0n) is 14.7. The minimum absolute atomic E-state index is 0.122. The van der Waals surface area contributed by atoms with Crippen LogP contribution >= 0.6 is 11.8 Å². The van der Waals surface area contributed by atoms with Gasteiger partial charge in [0, 0.05) is 17.1 Å². The predicted octanol–water partition coefficient (Wildman–Crippen LogP) is 3.93. The summed E-state index contributed by atoms with van der Waals surface area (Å²) in [4.78, 5) is 22.2. The van der Waals surface area contributed by atoms with Crippen LogP contribution in [0, 0.1) is 0 Å². The monoisotopic (exact) mass is 375 g/mol. The number of aromatic nitrogens is 3. The SMILES string of the molecule is CSc1ncc2cc(-c3ccc(O)cc3)c(=O)n(Cc3ccccc3)c2n1. The molecule has 2 aromatic heterocycles. The molecule has 2 heterocycles. The zero-order chi connectivity index (χ0) is 18.8. The van der Waals surface area contributed by atoms with Gasteiger partial charge >= 0.3 is 0 Å². The summed E-state index contributed by atoms with van der Waals surface area (Å²) >= 11 is 1.44. The molecule has 5 nitrogen and oxygen atoms in total. The van der Waals surface area contributed by atoms with Gasteiger partial charge in [0.25, 0.3) is 5.56 Å². The van der Waals surface area contributed by atoms with Crippen molar-refractivity contribution in [2.75, 3.05) is 6.26 Å². The number of aromatic hydroxyl groups is 1. The van der Waals surface area contributed by atoms with Gasteiger partial charge in [-0.05, 0) is 35.6 Å². The fraction of sp³-hybridized carbons (Fsp3) is 0.0952. The van der Waals surface area contributed by atoms with E-state index in [1.807, 2.05) is 42.7 Å². The maximum Gasteiger partial charge on any atom is 0.260 e. The first-order chi connectivity index (χ1) is 13.2. The Morgan fingerprint density at radius 1 is 1.07 bits per heavy atom. The van der Waals surface area contributed by atoms with Crippen LogP contribution in [0.4, 0.5) is 0 Å².